The lowest BCUT2D eigenvalue weighted by molar-refractivity contribution is 0.220. The first-order chi connectivity index (χ1) is 11.7. The van der Waals surface area contributed by atoms with Gasteiger partial charge in [-0.1, -0.05) is 24.0 Å². The summed E-state index contributed by atoms with van der Waals surface area (Å²) in [5.74, 6) is 6.78. The van der Waals surface area contributed by atoms with E-state index in [1.165, 1.54) is 5.56 Å². The lowest BCUT2D eigenvalue weighted by Crippen LogP contribution is -2.51. The number of phenols is 1. The Morgan fingerprint density at radius 2 is 2.29 bits per heavy atom. The Kier molecular flexibility index (Phi) is 5.47. The zero-order chi connectivity index (χ0) is 16.8. The zero-order valence-corrected chi connectivity index (χ0v) is 14.0. The van der Waals surface area contributed by atoms with Gasteiger partial charge in [0.2, 0.25) is 0 Å². The number of benzene rings is 1. The molecule has 2 N–H and O–H groups in total. The predicted molar refractivity (Wildman–Crippen MR) is 95.9 cm³/mol. The highest BCUT2D eigenvalue weighted by Crippen LogP contribution is 2.19. The third-order valence-corrected chi connectivity index (χ3v) is 4.29. The summed E-state index contributed by atoms with van der Waals surface area (Å²) in [5.41, 5.74) is 3.04. The maximum Gasteiger partial charge on any atom is 0.118 e. The van der Waals surface area contributed by atoms with Crippen LogP contribution < -0.4 is 5.32 Å². The summed E-state index contributed by atoms with van der Waals surface area (Å²) in [6.07, 6.45) is 4.47. The van der Waals surface area contributed by atoms with Gasteiger partial charge in [0, 0.05) is 43.6 Å². The highest BCUT2D eigenvalue weighted by atomic mass is 16.3. The minimum absolute atomic E-state index is 0.377. The van der Waals surface area contributed by atoms with Gasteiger partial charge in [-0.15, -0.1) is 0 Å². The van der Waals surface area contributed by atoms with Crippen LogP contribution in [0.1, 0.15) is 16.7 Å². The van der Waals surface area contributed by atoms with E-state index in [2.05, 4.69) is 33.1 Å². The summed E-state index contributed by atoms with van der Waals surface area (Å²) in [4.78, 5) is 6.45. The van der Waals surface area contributed by atoms with Gasteiger partial charge in [0.1, 0.15) is 5.75 Å². The fourth-order valence-corrected chi connectivity index (χ4v) is 2.93. The lowest BCUT2D eigenvalue weighted by Gasteiger charge is -2.32. The summed E-state index contributed by atoms with van der Waals surface area (Å²) in [5, 5.41) is 13.4. The van der Waals surface area contributed by atoms with E-state index in [-0.39, 0.29) is 0 Å². The molecule has 3 rings (SSSR count). The molecule has 0 radical (unpaired) electrons. The fraction of sp³-hybridized carbons (Fsp3) is 0.350. The highest BCUT2D eigenvalue weighted by molar-refractivity contribution is 5.35. The molecule has 0 saturated carbocycles. The molecule has 1 atom stereocenters. The van der Waals surface area contributed by atoms with Gasteiger partial charge in [0.05, 0.1) is 6.54 Å². The molecule has 1 aliphatic heterocycles. The first kappa shape index (κ1) is 16.5. The molecule has 0 spiro atoms. The fourth-order valence-electron chi connectivity index (χ4n) is 2.93. The Morgan fingerprint density at radius 1 is 1.38 bits per heavy atom. The molecule has 124 valence electrons. The molecular weight excluding hydrogens is 298 g/mol. The zero-order valence-electron chi connectivity index (χ0n) is 14.0. The van der Waals surface area contributed by atoms with Crippen molar-refractivity contribution in [1.29, 1.82) is 0 Å². The van der Waals surface area contributed by atoms with Gasteiger partial charge in [0.25, 0.3) is 0 Å². The Morgan fingerprint density at radius 3 is 3.08 bits per heavy atom. The number of aryl methyl sites for hydroxylation is 1. The van der Waals surface area contributed by atoms with Crippen LogP contribution in [0, 0.1) is 18.8 Å². The molecule has 2 heterocycles. The number of rotatable bonds is 3. The van der Waals surface area contributed by atoms with Crippen LogP contribution in [0.15, 0.2) is 42.7 Å². The maximum absolute atomic E-state index is 9.85. The molecule has 1 aromatic carbocycles. The van der Waals surface area contributed by atoms with Crippen LogP contribution in [0.5, 0.6) is 5.75 Å². The highest BCUT2D eigenvalue weighted by Gasteiger charge is 2.19. The Hall–Kier alpha value is -2.35. The number of piperazine rings is 1. The number of hydrogen-bond donors (Lipinski definition) is 2. The van der Waals surface area contributed by atoms with Crippen molar-refractivity contribution in [2.75, 3.05) is 26.2 Å². The quantitative estimate of drug-likeness (QED) is 0.849. The molecular formula is C20H23N3O. The number of pyridine rings is 1. The maximum atomic E-state index is 9.85. The molecule has 1 unspecified atom stereocenters. The first-order valence-corrected chi connectivity index (χ1v) is 8.34. The average Bonchev–Trinajstić information content (AvgIpc) is 2.60. The summed E-state index contributed by atoms with van der Waals surface area (Å²) in [6, 6.07) is 10.2. The van der Waals surface area contributed by atoms with Gasteiger partial charge < -0.3 is 10.4 Å². The van der Waals surface area contributed by atoms with Gasteiger partial charge >= 0.3 is 0 Å². The second-order valence-corrected chi connectivity index (χ2v) is 6.25. The van der Waals surface area contributed by atoms with Crippen molar-refractivity contribution >= 4 is 0 Å². The molecule has 4 nitrogen and oxygen atoms in total. The van der Waals surface area contributed by atoms with Crippen LogP contribution >= 0.6 is 0 Å². The van der Waals surface area contributed by atoms with Gasteiger partial charge in [-0.3, -0.25) is 9.88 Å². The van der Waals surface area contributed by atoms with E-state index in [9.17, 15) is 5.11 Å². The predicted octanol–water partition coefficient (Wildman–Crippen LogP) is 1.96. The van der Waals surface area contributed by atoms with E-state index < -0.39 is 0 Å². The monoisotopic (exact) mass is 321 g/mol. The van der Waals surface area contributed by atoms with Crippen LogP contribution in [-0.4, -0.2) is 47.2 Å². The first-order valence-electron chi connectivity index (χ1n) is 8.34. The molecule has 0 amide bonds. The SMILES string of the molecule is Cc1ccc(CC2CN(CC#Cc3cccnc3)CCN2)cc1O. The number of aromatic nitrogens is 1. The Bertz CT molecular complexity index is 734. The van der Waals surface area contributed by atoms with E-state index in [1.54, 1.807) is 12.4 Å². The van der Waals surface area contributed by atoms with Crippen molar-refractivity contribution < 1.29 is 5.11 Å². The second-order valence-electron chi connectivity index (χ2n) is 6.25. The Balaban J connectivity index is 1.54. The number of nitrogens with zero attached hydrogens (tertiary/aromatic N) is 2. The molecule has 2 aromatic rings. The smallest absolute Gasteiger partial charge is 0.118 e. The van der Waals surface area contributed by atoms with Crippen molar-refractivity contribution in [2.45, 2.75) is 19.4 Å². The normalized spacial score (nSPS) is 18.0. The van der Waals surface area contributed by atoms with Crippen molar-refractivity contribution in [2.24, 2.45) is 0 Å². The summed E-state index contributed by atoms with van der Waals surface area (Å²) in [7, 11) is 0. The average molecular weight is 321 g/mol. The largest absolute Gasteiger partial charge is 0.508 e. The van der Waals surface area contributed by atoms with Crippen LogP contribution in [0.25, 0.3) is 0 Å². The van der Waals surface area contributed by atoms with E-state index in [1.807, 2.05) is 31.2 Å². The molecule has 0 bridgehead atoms. The minimum atomic E-state index is 0.377. The van der Waals surface area contributed by atoms with Gasteiger partial charge in [-0.05, 0) is 42.7 Å². The van der Waals surface area contributed by atoms with Crippen molar-refractivity contribution in [1.82, 2.24) is 15.2 Å². The molecule has 0 aliphatic carbocycles. The van der Waals surface area contributed by atoms with Crippen LogP contribution in [0.2, 0.25) is 0 Å². The second kappa shape index (κ2) is 7.96. The van der Waals surface area contributed by atoms with Gasteiger partial charge in [-0.2, -0.15) is 0 Å². The molecule has 4 heteroatoms. The number of aromatic hydroxyl groups is 1. The van der Waals surface area contributed by atoms with E-state index in [4.69, 9.17) is 0 Å². The molecule has 24 heavy (non-hydrogen) atoms. The third-order valence-electron chi connectivity index (χ3n) is 4.29. The van der Waals surface area contributed by atoms with Crippen LogP contribution in [0.4, 0.5) is 0 Å². The summed E-state index contributed by atoms with van der Waals surface area (Å²) >= 11 is 0. The standard InChI is InChI=1S/C20H23N3O/c1-16-6-7-18(13-20(16)24)12-19-15-23(11-9-22-19)10-3-5-17-4-2-8-21-14-17/h2,4,6-8,13-14,19,22,24H,9-12,15H2,1H3. The molecule has 1 fully saturated rings. The molecule has 1 saturated heterocycles. The van der Waals surface area contributed by atoms with E-state index in [0.29, 0.717) is 11.8 Å². The van der Waals surface area contributed by atoms with Crippen molar-refractivity contribution in [3.8, 4) is 17.6 Å². The van der Waals surface area contributed by atoms with Crippen LogP contribution in [-0.2, 0) is 6.42 Å². The molecule has 1 aliphatic rings. The molecule has 1 aromatic heterocycles. The van der Waals surface area contributed by atoms with Gasteiger partial charge in [0.15, 0.2) is 0 Å². The van der Waals surface area contributed by atoms with Gasteiger partial charge in [-0.25, -0.2) is 0 Å². The Labute approximate surface area is 143 Å². The van der Waals surface area contributed by atoms with Crippen molar-refractivity contribution in [3.63, 3.8) is 0 Å². The summed E-state index contributed by atoms with van der Waals surface area (Å²) < 4.78 is 0. The number of hydrogen-bond acceptors (Lipinski definition) is 4. The third kappa shape index (κ3) is 4.58. The topological polar surface area (TPSA) is 48.4 Å². The number of phenolic OH excluding ortho intramolecular Hbond substituents is 1. The van der Waals surface area contributed by atoms with Crippen molar-refractivity contribution in [3.05, 3.63) is 59.4 Å². The van der Waals surface area contributed by atoms with E-state index in [0.717, 1.165) is 43.7 Å². The van der Waals surface area contributed by atoms with E-state index >= 15 is 0 Å². The summed E-state index contributed by atoms with van der Waals surface area (Å²) in [6.45, 7) is 5.64. The number of nitrogens with one attached hydrogen (secondary N) is 1. The van der Waals surface area contributed by atoms with Crippen LogP contribution in [0.3, 0.4) is 0 Å². The minimum Gasteiger partial charge on any atom is -0.508 e. The lowest BCUT2D eigenvalue weighted by atomic mass is 10.0.